The summed E-state index contributed by atoms with van der Waals surface area (Å²) in [6, 6.07) is 16.7. The van der Waals surface area contributed by atoms with Crippen molar-refractivity contribution in [3.63, 3.8) is 0 Å². The Balaban J connectivity index is 1.46. The van der Waals surface area contributed by atoms with Crippen molar-refractivity contribution in [2.24, 2.45) is 0 Å². The van der Waals surface area contributed by atoms with Gasteiger partial charge in [-0.1, -0.05) is 42.5 Å². The normalized spacial score (nSPS) is 12.9. The number of benzene rings is 2. The van der Waals surface area contributed by atoms with Gasteiger partial charge in [-0.3, -0.25) is 4.79 Å². The summed E-state index contributed by atoms with van der Waals surface area (Å²) >= 11 is 1.61. The number of hydrogen-bond donors (Lipinski definition) is 2. The number of carbonyl (C=O) groups excluding carboxylic acids is 1. The fraction of sp³-hybridized carbons (Fsp3) is 0.269. The molecule has 5 rings (SSSR count). The first-order chi connectivity index (χ1) is 16.6. The van der Waals surface area contributed by atoms with Gasteiger partial charge in [0.25, 0.3) is 5.56 Å². The van der Waals surface area contributed by atoms with Crippen LogP contribution in [0.1, 0.15) is 34.7 Å². The summed E-state index contributed by atoms with van der Waals surface area (Å²) in [5.74, 6) is 1.05. The van der Waals surface area contributed by atoms with Crippen LogP contribution < -0.4 is 15.6 Å². The first-order valence-electron chi connectivity index (χ1n) is 11.4. The lowest BCUT2D eigenvalue weighted by atomic mass is 9.97. The Morgan fingerprint density at radius 3 is 2.68 bits per heavy atom. The van der Waals surface area contributed by atoms with E-state index in [0.717, 1.165) is 47.0 Å². The molecule has 1 aliphatic carbocycles. The van der Waals surface area contributed by atoms with Gasteiger partial charge in [-0.15, -0.1) is 11.3 Å². The number of urea groups is 1. The Labute approximate surface area is 201 Å². The zero-order valence-electron chi connectivity index (χ0n) is 19.0. The molecule has 4 aromatic rings. The monoisotopic (exact) mass is 474 g/mol. The lowest BCUT2D eigenvalue weighted by Gasteiger charge is -2.23. The molecule has 0 radical (unpaired) electrons. The second-order valence-corrected chi connectivity index (χ2v) is 9.46. The number of methoxy groups -OCH3 is 1. The molecule has 0 aliphatic heterocycles. The quantitative estimate of drug-likeness (QED) is 0.407. The minimum absolute atomic E-state index is 0.121. The Bertz CT molecular complexity index is 1380. The molecule has 174 valence electrons. The molecule has 2 heterocycles. The number of hydrogen-bond acceptors (Lipinski definition) is 5. The fourth-order valence-corrected chi connectivity index (χ4v) is 5.69. The van der Waals surface area contributed by atoms with E-state index < -0.39 is 0 Å². The molecule has 7 nitrogen and oxygen atoms in total. The van der Waals surface area contributed by atoms with Gasteiger partial charge in [-0.2, -0.15) is 0 Å². The number of para-hydroxylation sites is 2. The van der Waals surface area contributed by atoms with Gasteiger partial charge in [0.1, 0.15) is 16.4 Å². The number of rotatable bonds is 6. The highest BCUT2D eigenvalue weighted by Gasteiger charge is 2.22. The molecule has 0 saturated heterocycles. The minimum atomic E-state index is -0.304. The minimum Gasteiger partial charge on any atom is -0.495 e. The lowest BCUT2D eigenvalue weighted by molar-refractivity contribution is 0.205. The van der Waals surface area contributed by atoms with Crippen molar-refractivity contribution in [3.05, 3.63) is 86.8 Å². The van der Waals surface area contributed by atoms with E-state index in [-0.39, 0.29) is 18.1 Å². The molecule has 0 atom stereocenters. The Hall–Kier alpha value is -3.65. The number of aromatic amines is 1. The van der Waals surface area contributed by atoms with Crippen LogP contribution in [-0.4, -0.2) is 28.0 Å². The Morgan fingerprint density at radius 2 is 1.85 bits per heavy atom. The smallest absolute Gasteiger partial charge is 0.322 e. The zero-order valence-corrected chi connectivity index (χ0v) is 19.8. The van der Waals surface area contributed by atoms with Gasteiger partial charge < -0.3 is 19.9 Å². The number of amides is 2. The maximum Gasteiger partial charge on any atom is 0.322 e. The number of nitrogens with one attached hydrogen (secondary N) is 2. The van der Waals surface area contributed by atoms with E-state index in [9.17, 15) is 9.59 Å². The standard InChI is InChI=1S/C26H26N4O3S/c1-33-20-13-7-6-12-19(20)27-26(32)30(15-17-9-3-2-4-10-17)16-22-28-24(31)23-18-11-5-8-14-21(18)34-25(23)29-22/h2-4,6-7,9-10,12-13H,5,8,11,14-16H2,1H3,(H,27,32)(H,28,29,31). The van der Waals surface area contributed by atoms with Gasteiger partial charge in [0.2, 0.25) is 0 Å². The summed E-state index contributed by atoms with van der Waals surface area (Å²) in [6.45, 7) is 0.536. The molecule has 2 amide bonds. The van der Waals surface area contributed by atoms with Crippen LogP contribution in [0.25, 0.3) is 10.2 Å². The number of nitrogens with zero attached hydrogens (tertiary/aromatic N) is 2. The summed E-state index contributed by atoms with van der Waals surface area (Å²) in [4.78, 5) is 37.7. The topological polar surface area (TPSA) is 87.3 Å². The summed E-state index contributed by atoms with van der Waals surface area (Å²) in [5, 5.41) is 3.66. The number of aryl methyl sites for hydroxylation is 2. The second kappa shape index (κ2) is 9.69. The van der Waals surface area contributed by atoms with E-state index in [2.05, 4.69) is 10.3 Å². The zero-order chi connectivity index (χ0) is 23.5. The highest BCUT2D eigenvalue weighted by molar-refractivity contribution is 7.18. The predicted molar refractivity (Wildman–Crippen MR) is 135 cm³/mol. The largest absolute Gasteiger partial charge is 0.495 e. The number of thiophene rings is 1. The number of carbonyl (C=O) groups is 1. The molecule has 0 unspecified atom stereocenters. The van der Waals surface area contributed by atoms with E-state index in [1.165, 1.54) is 4.88 Å². The molecule has 0 bridgehead atoms. The number of H-pyrrole nitrogens is 1. The van der Waals surface area contributed by atoms with Gasteiger partial charge in [0.15, 0.2) is 0 Å². The van der Waals surface area contributed by atoms with Gasteiger partial charge in [-0.25, -0.2) is 9.78 Å². The average Bonchev–Trinajstić information content (AvgIpc) is 3.23. The number of ether oxygens (including phenoxy) is 1. The molecule has 0 spiro atoms. The summed E-state index contributed by atoms with van der Waals surface area (Å²) < 4.78 is 5.37. The molecule has 0 fully saturated rings. The Morgan fingerprint density at radius 1 is 1.09 bits per heavy atom. The lowest BCUT2D eigenvalue weighted by Crippen LogP contribution is -2.35. The van der Waals surface area contributed by atoms with Gasteiger partial charge in [0, 0.05) is 11.4 Å². The molecule has 1 aliphatic rings. The number of fused-ring (bicyclic) bond motifs is 3. The fourth-order valence-electron chi connectivity index (χ4n) is 4.41. The van der Waals surface area contributed by atoms with Crippen LogP contribution >= 0.6 is 11.3 Å². The summed E-state index contributed by atoms with van der Waals surface area (Å²) in [5.41, 5.74) is 2.59. The maximum atomic E-state index is 13.3. The number of aromatic nitrogens is 2. The predicted octanol–water partition coefficient (Wildman–Crippen LogP) is 5.11. The Kier molecular flexibility index (Phi) is 6.31. The molecular formula is C26H26N4O3S. The van der Waals surface area contributed by atoms with Crippen LogP contribution in [0.5, 0.6) is 5.75 Å². The average molecular weight is 475 g/mol. The highest BCUT2D eigenvalue weighted by atomic mass is 32.1. The van der Waals surface area contributed by atoms with Crippen LogP contribution in [0.2, 0.25) is 0 Å². The third kappa shape index (κ3) is 4.54. The molecule has 2 N–H and O–H groups in total. The van der Waals surface area contributed by atoms with Crippen molar-refractivity contribution in [1.82, 2.24) is 14.9 Å². The van der Waals surface area contributed by atoms with Crippen molar-refractivity contribution < 1.29 is 9.53 Å². The first-order valence-corrected chi connectivity index (χ1v) is 12.2. The summed E-state index contributed by atoms with van der Waals surface area (Å²) in [6.07, 6.45) is 4.19. The van der Waals surface area contributed by atoms with Crippen LogP contribution in [0.4, 0.5) is 10.5 Å². The molecule has 34 heavy (non-hydrogen) atoms. The van der Waals surface area contributed by atoms with Crippen molar-refractivity contribution in [3.8, 4) is 5.75 Å². The van der Waals surface area contributed by atoms with Crippen LogP contribution in [0.15, 0.2) is 59.4 Å². The van der Waals surface area contributed by atoms with Crippen LogP contribution in [0, 0.1) is 0 Å². The van der Waals surface area contributed by atoms with Crippen molar-refractivity contribution in [2.75, 3.05) is 12.4 Å². The molecule has 8 heteroatoms. The third-order valence-electron chi connectivity index (χ3n) is 6.07. The van der Waals surface area contributed by atoms with E-state index >= 15 is 0 Å². The van der Waals surface area contributed by atoms with E-state index in [1.807, 2.05) is 42.5 Å². The van der Waals surface area contributed by atoms with Crippen molar-refractivity contribution in [1.29, 1.82) is 0 Å². The molecule has 2 aromatic heterocycles. The second-order valence-electron chi connectivity index (χ2n) is 8.38. The third-order valence-corrected chi connectivity index (χ3v) is 7.25. The van der Waals surface area contributed by atoms with E-state index in [0.29, 0.717) is 23.8 Å². The van der Waals surface area contributed by atoms with Crippen molar-refractivity contribution >= 4 is 33.3 Å². The van der Waals surface area contributed by atoms with Crippen LogP contribution in [0.3, 0.4) is 0 Å². The van der Waals surface area contributed by atoms with Crippen molar-refractivity contribution in [2.45, 2.75) is 38.8 Å². The number of anilines is 1. The van der Waals surface area contributed by atoms with E-state index in [1.54, 1.807) is 35.5 Å². The SMILES string of the molecule is COc1ccccc1NC(=O)N(Cc1ccccc1)Cc1nc2sc3c(c2c(=O)[nH]1)CCCC3. The summed E-state index contributed by atoms with van der Waals surface area (Å²) in [7, 11) is 1.57. The first kappa shape index (κ1) is 22.2. The van der Waals surface area contributed by atoms with E-state index in [4.69, 9.17) is 9.72 Å². The molecular weight excluding hydrogens is 448 g/mol. The van der Waals surface area contributed by atoms with Gasteiger partial charge in [-0.05, 0) is 48.9 Å². The highest BCUT2D eigenvalue weighted by Crippen LogP contribution is 2.33. The maximum absolute atomic E-state index is 13.3. The molecule has 2 aromatic carbocycles. The van der Waals surface area contributed by atoms with Gasteiger partial charge in [0.05, 0.1) is 24.7 Å². The van der Waals surface area contributed by atoms with Crippen LogP contribution in [-0.2, 0) is 25.9 Å². The molecule has 0 saturated carbocycles. The van der Waals surface area contributed by atoms with Gasteiger partial charge >= 0.3 is 6.03 Å².